The summed E-state index contributed by atoms with van der Waals surface area (Å²) >= 11 is 0. The molecule has 0 aromatic carbocycles. The number of carbonyl (C=O) groups is 2. The Morgan fingerprint density at radius 3 is 2.65 bits per heavy atom. The SMILES string of the molecule is CC(C)(C)C(=O)N1CCC[C@H](Cc2cc(C(N)=O)ncn2)CC1. The zero-order valence-electron chi connectivity index (χ0n) is 14.2. The number of primary amides is 1. The molecule has 0 aliphatic carbocycles. The van der Waals surface area contributed by atoms with Gasteiger partial charge in [-0.2, -0.15) is 0 Å². The number of hydrogen-bond acceptors (Lipinski definition) is 4. The van der Waals surface area contributed by atoms with Gasteiger partial charge < -0.3 is 10.6 Å². The van der Waals surface area contributed by atoms with E-state index in [1.807, 2.05) is 25.7 Å². The number of rotatable bonds is 3. The van der Waals surface area contributed by atoms with Crippen LogP contribution in [0.4, 0.5) is 0 Å². The zero-order valence-corrected chi connectivity index (χ0v) is 14.2. The van der Waals surface area contributed by atoms with Gasteiger partial charge in [0.15, 0.2) is 0 Å². The molecule has 2 amide bonds. The summed E-state index contributed by atoms with van der Waals surface area (Å²) in [6, 6.07) is 1.67. The molecule has 23 heavy (non-hydrogen) atoms. The molecule has 1 atom stereocenters. The lowest BCUT2D eigenvalue weighted by atomic mass is 9.94. The van der Waals surface area contributed by atoms with Crippen LogP contribution < -0.4 is 5.73 Å². The second-order valence-corrected chi connectivity index (χ2v) is 7.30. The Kier molecular flexibility index (Phi) is 5.34. The predicted molar refractivity (Wildman–Crippen MR) is 87.6 cm³/mol. The van der Waals surface area contributed by atoms with Gasteiger partial charge in [-0.05, 0) is 37.7 Å². The summed E-state index contributed by atoms with van der Waals surface area (Å²) in [5.74, 6) is 0.149. The second-order valence-electron chi connectivity index (χ2n) is 7.30. The van der Waals surface area contributed by atoms with Gasteiger partial charge in [0.25, 0.3) is 5.91 Å². The average molecular weight is 318 g/mol. The monoisotopic (exact) mass is 318 g/mol. The van der Waals surface area contributed by atoms with Crippen LogP contribution in [-0.4, -0.2) is 39.8 Å². The van der Waals surface area contributed by atoms with Crippen molar-refractivity contribution in [3.8, 4) is 0 Å². The van der Waals surface area contributed by atoms with Crippen molar-refractivity contribution in [2.24, 2.45) is 17.1 Å². The Labute approximate surface area is 137 Å². The molecule has 0 saturated carbocycles. The van der Waals surface area contributed by atoms with Crippen LogP contribution in [0.2, 0.25) is 0 Å². The topological polar surface area (TPSA) is 89.2 Å². The van der Waals surface area contributed by atoms with Crippen LogP contribution in [0.1, 0.15) is 56.2 Å². The summed E-state index contributed by atoms with van der Waals surface area (Å²) in [4.78, 5) is 33.7. The second kappa shape index (κ2) is 7.06. The highest BCUT2D eigenvalue weighted by Crippen LogP contribution is 2.25. The summed E-state index contributed by atoms with van der Waals surface area (Å²) in [6.07, 6.45) is 5.20. The number of carbonyl (C=O) groups excluding carboxylic acids is 2. The van der Waals surface area contributed by atoms with Crippen molar-refractivity contribution in [1.82, 2.24) is 14.9 Å². The van der Waals surface area contributed by atoms with Gasteiger partial charge in [-0.25, -0.2) is 9.97 Å². The third-order valence-corrected chi connectivity index (χ3v) is 4.25. The lowest BCUT2D eigenvalue weighted by Crippen LogP contribution is -2.40. The Morgan fingerprint density at radius 1 is 1.26 bits per heavy atom. The smallest absolute Gasteiger partial charge is 0.267 e. The highest BCUT2D eigenvalue weighted by Gasteiger charge is 2.29. The third kappa shape index (κ3) is 4.74. The van der Waals surface area contributed by atoms with Crippen molar-refractivity contribution in [1.29, 1.82) is 0 Å². The minimum absolute atomic E-state index is 0.219. The van der Waals surface area contributed by atoms with Crippen molar-refractivity contribution in [3.05, 3.63) is 23.8 Å². The fraction of sp³-hybridized carbons (Fsp3) is 0.647. The van der Waals surface area contributed by atoms with Crippen LogP contribution in [0.15, 0.2) is 12.4 Å². The lowest BCUT2D eigenvalue weighted by Gasteiger charge is -2.28. The van der Waals surface area contributed by atoms with E-state index in [9.17, 15) is 9.59 Å². The molecule has 1 aromatic rings. The number of aromatic nitrogens is 2. The van der Waals surface area contributed by atoms with E-state index in [4.69, 9.17) is 5.73 Å². The van der Waals surface area contributed by atoms with E-state index in [0.717, 1.165) is 44.5 Å². The van der Waals surface area contributed by atoms with Gasteiger partial charge in [-0.1, -0.05) is 20.8 Å². The van der Waals surface area contributed by atoms with Crippen molar-refractivity contribution in [2.45, 2.75) is 46.5 Å². The first-order valence-corrected chi connectivity index (χ1v) is 8.17. The molecule has 1 aliphatic rings. The van der Waals surface area contributed by atoms with Gasteiger partial charge in [-0.15, -0.1) is 0 Å². The molecule has 0 bridgehead atoms. The molecule has 126 valence electrons. The number of nitrogens with two attached hydrogens (primary N) is 1. The van der Waals surface area contributed by atoms with E-state index < -0.39 is 5.91 Å². The van der Waals surface area contributed by atoms with Crippen LogP contribution in [0.25, 0.3) is 0 Å². The first-order chi connectivity index (χ1) is 10.8. The minimum atomic E-state index is -0.531. The summed E-state index contributed by atoms with van der Waals surface area (Å²) < 4.78 is 0. The molecular weight excluding hydrogens is 292 g/mol. The van der Waals surface area contributed by atoms with Crippen molar-refractivity contribution in [3.63, 3.8) is 0 Å². The van der Waals surface area contributed by atoms with Gasteiger partial charge >= 0.3 is 0 Å². The van der Waals surface area contributed by atoms with E-state index in [-0.39, 0.29) is 17.0 Å². The number of nitrogens with zero attached hydrogens (tertiary/aromatic N) is 3. The summed E-state index contributed by atoms with van der Waals surface area (Å²) in [5.41, 5.74) is 6.03. The van der Waals surface area contributed by atoms with Crippen LogP contribution in [0.3, 0.4) is 0 Å². The van der Waals surface area contributed by atoms with Gasteiger partial charge in [0.2, 0.25) is 5.91 Å². The van der Waals surface area contributed by atoms with E-state index in [1.165, 1.54) is 6.33 Å². The first kappa shape index (κ1) is 17.4. The van der Waals surface area contributed by atoms with Crippen molar-refractivity contribution in [2.75, 3.05) is 13.1 Å². The largest absolute Gasteiger partial charge is 0.364 e. The predicted octanol–water partition coefficient (Wildman–Crippen LogP) is 1.79. The summed E-state index contributed by atoms with van der Waals surface area (Å²) in [7, 11) is 0. The maximum absolute atomic E-state index is 12.4. The van der Waals surface area contributed by atoms with Crippen LogP contribution in [-0.2, 0) is 11.2 Å². The number of likely N-dealkylation sites (tertiary alicyclic amines) is 1. The molecule has 1 fully saturated rings. The fourth-order valence-electron chi connectivity index (χ4n) is 2.99. The normalized spacial score (nSPS) is 19.3. The average Bonchev–Trinajstić information content (AvgIpc) is 2.71. The van der Waals surface area contributed by atoms with Crippen molar-refractivity contribution >= 4 is 11.8 Å². The molecule has 2 N–H and O–H groups in total. The van der Waals surface area contributed by atoms with Gasteiger partial charge in [0.1, 0.15) is 12.0 Å². The Balaban J connectivity index is 1.97. The molecule has 0 spiro atoms. The molecule has 6 heteroatoms. The molecule has 2 heterocycles. The van der Waals surface area contributed by atoms with Gasteiger partial charge in [0.05, 0.1) is 0 Å². The van der Waals surface area contributed by atoms with Gasteiger partial charge in [-0.3, -0.25) is 9.59 Å². The standard InChI is InChI=1S/C17H26N4O2/c1-17(2,3)16(23)21-7-4-5-12(6-8-21)9-13-10-14(15(18)22)20-11-19-13/h10-12H,4-9H2,1-3H3,(H2,18,22)/t12-/m0/s1. The summed E-state index contributed by atoms with van der Waals surface area (Å²) in [5, 5.41) is 0. The molecule has 1 saturated heterocycles. The van der Waals surface area contributed by atoms with Crippen LogP contribution in [0, 0.1) is 11.3 Å². The molecule has 0 unspecified atom stereocenters. The molecule has 1 aromatic heterocycles. The van der Waals surface area contributed by atoms with E-state index in [1.54, 1.807) is 6.07 Å². The molecule has 6 nitrogen and oxygen atoms in total. The first-order valence-electron chi connectivity index (χ1n) is 8.17. The molecule has 0 radical (unpaired) electrons. The van der Waals surface area contributed by atoms with Gasteiger partial charge in [0, 0.05) is 24.2 Å². The van der Waals surface area contributed by atoms with Crippen LogP contribution >= 0.6 is 0 Å². The highest BCUT2D eigenvalue weighted by molar-refractivity contribution is 5.90. The highest BCUT2D eigenvalue weighted by atomic mass is 16.2. The maximum Gasteiger partial charge on any atom is 0.267 e. The fourth-order valence-corrected chi connectivity index (χ4v) is 2.99. The third-order valence-electron chi connectivity index (χ3n) is 4.25. The minimum Gasteiger partial charge on any atom is -0.364 e. The van der Waals surface area contributed by atoms with E-state index in [0.29, 0.717) is 5.92 Å². The van der Waals surface area contributed by atoms with Crippen molar-refractivity contribution < 1.29 is 9.59 Å². The Hall–Kier alpha value is -1.98. The summed E-state index contributed by atoms with van der Waals surface area (Å²) in [6.45, 7) is 7.50. The Morgan fingerprint density at radius 2 is 2.00 bits per heavy atom. The number of hydrogen-bond donors (Lipinski definition) is 1. The molecular formula is C17H26N4O2. The lowest BCUT2D eigenvalue weighted by molar-refractivity contribution is -0.139. The number of amides is 2. The Bertz CT molecular complexity index is 580. The zero-order chi connectivity index (χ0) is 17.0. The van der Waals surface area contributed by atoms with E-state index in [2.05, 4.69) is 9.97 Å². The quantitative estimate of drug-likeness (QED) is 0.920. The maximum atomic E-state index is 12.4. The van der Waals surface area contributed by atoms with Crippen LogP contribution in [0.5, 0.6) is 0 Å². The molecule has 1 aliphatic heterocycles. The molecule has 2 rings (SSSR count). The van der Waals surface area contributed by atoms with E-state index >= 15 is 0 Å².